The van der Waals surface area contributed by atoms with Crippen molar-refractivity contribution in [3.8, 4) is 0 Å². The van der Waals surface area contributed by atoms with E-state index in [2.05, 4.69) is 0 Å². The second kappa shape index (κ2) is 5.34. The van der Waals surface area contributed by atoms with Gasteiger partial charge in [0, 0.05) is 5.54 Å². The number of rotatable bonds is 1. The van der Waals surface area contributed by atoms with Crippen molar-refractivity contribution in [2.45, 2.75) is 82.6 Å². The summed E-state index contributed by atoms with van der Waals surface area (Å²) in [6, 6.07) is 0. The van der Waals surface area contributed by atoms with Crippen LogP contribution in [0.15, 0.2) is 0 Å². The Bertz CT molecular complexity index is 174. The molecule has 1 heteroatoms. The van der Waals surface area contributed by atoms with Crippen molar-refractivity contribution in [1.29, 1.82) is 0 Å². The molecule has 1 nitrogen and oxygen atoms in total. The largest absolute Gasteiger partial charge is 0.325 e. The molecular formula is C14H27N. The van der Waals surface area contributed by atoms with Crippen molar-refractivity contribution in [3.05, 3.63) is 0 Å². The molecule has 0 spiro atoms. The summed E-state index contributed by atoms with van der Waals surface area (Å²) in [5, 5.41) is 0. The summed E-state index contributed by atoms with van der Waals surface area (Å²) in [5.74, 6) is 0.851. The van der Waals surface area contributed by atoms with Crippen LogP contribution in [0.3, 0.4) is 0 Å². The van der Waals surface area contributed by atoms with E-state index in [0.29, 0.717) is 0 Å². The van der Waals surface area contributed by atoms with Crippen molar-refractivity contribution >= 4 is 0 Å². The molecule has 2 fully saturated rings. The van der Waals surface area contributed by atoms with Crippen LogP contribution in [0.5, 0.6) is 0 Å². The van der Waals surface area contributed by atoms with Gasteiger partial charge in [-0.1, -0.05) is 51.4 Å². The van der Waals surface area contributed by atoms with Gasteiger partial charge in [-0.05, 0) is 31.6 Å². The Morgan fingerprint density at radius 1 is 0.667 bits per heavy atom. The lowest BCUT2D eigenvalue weighted by Crippen LogP contribution is -2.48. The van der Waals surface area contributed by atoms with E-state index >= 15 is 0 Å². The molecule has 2 rings (SSSR count). The third-order valence-electron chi connectivity index (χ3n) is 4.70. The second-order valence-electron chi connectivity index (χ2n) is 5.84. The van der Waals surface area contributed by atoms with Crippen LogP contribution in [0.4, 0.5) is 0 Å². The summed E-state index contributed by atoms with van der Waals surface area (Å²) in [7, 11) is 0. The van der Waals surface area contributed by atoms with Crippen LogP contribution in [0.2, 0.25) is 0 Å². The highest BCUT2D eigenvalue weighted by molar-refractivity contribution is 4.93. The van der Waals surface area contributed by atoms with Gasteiger partial charge in [-0.3, -0.25) is 0 Å². The second-order valence-corrected chi connectivity index (χ2v) is 5.84. The molecule has 2 N–H and O–H groups in total. The topological polar surface area (TPSA) is 26.0 Å². The molecule has 0 amide bonds. The number of nitrogens with two attached hydrogens (primary N) is 1. The van der Waals surface area contributed by atoms with Crippen LogP contribution in [-0.4, -0.2) is 5.54 Å². The first kappa shape index (κ1) is 11.4. The van der Waals surface area contributed by atoms with Crippen LogP contribution < -0.4 is 5.73 Å². The number of hydrogen-bond donors (Lipinski definition) is 1. The summed E-state index contributed by atoms with van der Waals surface area (Å²) in [5.41, 5.74) is 6.93. The van der Waals surface area contributed by atoms with Gasteiger partial charge in [0.15, 0.2) is 0 Å². The van der Waals surface area contributed by atoms with E-state index in [1.807, 2.05) is 0 Å². The summed E-state index contributed by atoms with van der Waals surface area (Å²) in [6.45, 7) is 0. The SMILES string of the molecule is NC1(C2CCCCC2)CCCCCCC1. The first-order valence-corrected chi connectivity index (χ1v) is 7.10. The maximum atomic E-state index is 6.70. The Balaban J connectivity index is 1.94. The summed E-state index contributed by atoms with van der Waals surface area (Å²) >= 11 is 0. The smallest absolute Gasteiger partial charge is 0.0182 e. The number of hydrogen-bond acceptors (Lipinski definition) is 1. The lowest BCUT2D eigenvalue weighted by Gasteiger charge is -2.41. The molecule has 0 aromatic carbocycles. The zero-order chi connectivity index (χ0) is 10.6. The van der Waals surface area contributed by atoms with Crippen LogP contribution in [-0.2, 0) is 0 Å². The molecule has 2 aliphatic carbocycles. The minimum absolute atomic E-state index is 0.223. The van der Waals surface area contributed by atoms with E-state index < -0.39 is 0 Å². The Morgan fingerprint density at radius 3 is 1.73 bits per heavy atom. The molecule has 0 radical (unpaired) electrons. The molecule has 0 aliphatic heterocycles. The molecule has 0 saturated heterocycles. The highest BCUT2D eigenvalue weighted by Gasteiger charge is 2.34. The summed E-state index contributed by atoms with van der Waals surface area (Å²) in [4.78, 5) is 0. The zero-order valence-electron chi connectivity index (χ0n) is 10.1. The summed E-state index contributed by atoms with van der Waals surface area (Å²) in [6.07, 6.45) is 16.8. The monoisotopic (exact) mass is 209 g/mol. The average Bonchev–Trinajstić information content (AvgIpc) is 2.25. The summed E-state index contributed by atoms with van der Waals surface area (Å²) < 4.78 is 0. The minimum atomic E-state index is 0.223. The van der Waals surface area contributed by atoms with Crippen molar-refractivity contribution in [2.24, 2.45) is 11.7 Å². The first-order valence-electron chi connectivity index (χ1n) is 7.10. The van der Waals surface area contributed by atoms with E-state index in [1.54, 1.807) is 0 Å². The third-order valence-corrected chi connectivity index (χ3v) is 4.70. The maximum Gasteiger partial charge on any atom is 0.0182 e. The molecule has 2 aliphatic rings. The third kappa shape index (κ3) is 2.96. The van der Waals surface area contributed by atoms with E-state index in [4.69, 9.17) is 5.73 Å². The Labute approximate surface area is 94.8 Å². The molecule has 0 bridgehead atoms. The van der Waals surface area contributed by atoms with Gasteiger partial charge in [0.2, 0.25) is 0 Å². The standard InChI is InChI=1S/C14H27N/c15-14(13-9-5-4-6-10-13)11-7-2-1-3-8-12-14/h13H,1-12,15H2. The molecule has 0 heterocycles. The predicted molar refractivity (Wildman–Crippen MR) is 65.8 cm³/mol. The molecule has 0 aromatic heterocycles. The van der Waals surface area contributed by atoms with Gasteiger partial charge in [-0.15, -0.1) is 0 Å². The fraction of sp³-hybridized carbons (Fsp3) is 1.00. The van der Waals surface area contributed by atoms with Gasteiger partial charge in [0.05, 0.1) is 0 Å². The van der Waals surface area contributed by atoms with E-state index in [0.717, 1.165) is 5.92 Å². The molecule has 0 aromatic rings. The minimum Gasteiger partial charge on any atom is -0.325 e. The lowest BCUT2D eigenvalue weighted by atomic mass is 9.69. The average molecular weight is 209 g/mol. The van der Waals surface area contributed by atoms with Gasteiger partial charge in [-0.2, -0.15) is 0 Å². The lowest BCUT2D eigenvalue weighted by molar-refractivity contribution is 0.166. The fourth-order valence-corrected chi connectivity index (χ4v) is 3.65. The van der Waals surface area contributed by atoms with Gasteiger partial charge in [-0.25, -0.2) is 0 Å². The van der Waals surface area contributed by atoms with Crippen molar-refractivity contribution in [1.82, 2.24) is 0 Å². The molecule has 0 unspecified atom stereocenters. The van der Waals surface area contributed by atoms with Crippen LogP contribution >= 0.6 is 0 Å². The van der Waals surface area contributed by atoms with Crippen LogP contribution in [0, 0.1) is 5.92 Å². The molecule has 2 saturated carbocycles. The van der Waals surface area contributed by atoms with Crippen LogP contribution in [0.25, 0.3) is 0 Å². The molecule has 15 heavy (non-hydrogen) atoms. The van der Waals surface area contributed by atoms with Crippen molar-refractivity contribution in [2.75, 3.05) is 0 Å². The molecule has 88 valence electrons. The highest BCUT2D eigenvalue weighted by Crippen LogP contribution is 2.38. The van der Waals surface area contributed by atoms with Crippen LogP contribution in [0.1, 0.15) is 77.0 Å². The van der Waals surface area contributed by atoms with Gasteiger partial charge in [0.25, 0.3) is 0 Å². The predicted octanol–water partition coefficient (Wildman–Crippen LogP) is 4.01. The van der Waals surface area contributed by atoms with E-state index in [9.17, 15) is 0 Å². The normalized spacial score (nSPS) is 29.4. The first-order chi connectivity index (χ1) is 7.31. The van der Waals surface area contributed by atoms with Crippen molar-refractivity contribution in [3.63, 3.8) is 0 Å². The Hall–Kier alpha value is -0.0400. The van der Waals surface area contributed by atoms with E-state index in [-0.39, 0.29) is 5.54 Å². The Morgan fingerprint density at radius 2 is 1.13 bits per heavy atom. The highest BCUT2D eigenvalue weighted by atomic mass is 14.8. The zero-order valence-corrected chi connectivity index (χ0v) is 10.1. The molecule has 0 atom stereocenters. The van der Waals surface area contributed by atoms with Crippen molar-refractivity contribution < 1.29 is 0 Å². The Kier molecular flexibility index (Phi) is 4.07. The molecular weight excluding hydrogens is 182 g/mol. The van der Waals surface area contributed by atoms with Gasteiger partial charge >= 0.3 is 0 Å². The maximum absolute atomic E-state index is 6.70. The van der Waals surface area contributed by atoms with Gasteiger partial charge < -0.3 is 5.73 Å². The van der Waals surface area contributed by atoms with E-state index in [1.165, 1.54) is 77.0 Å². The van der Waals surface area contributed by atoms with Gasteiger partial charge in [0.1, 0.15) is 0 Å². The quantitative estimate of drug-likeness (QED) is 0.694. The fourth-order valence-electron chi connectivity index (χ4n) is 3.65.